The molecular weight excluding hydrogens is 403 g/mol. The zero-order chi connectivity index (χ0) is 23.0. The standard InChI is InChI=1S/C22H29FN4O4/c1-5-27(6-2)13-17-11-12-18(31-17)21(29)25-26-22(30)19(14(3)4)24-20(28)15-7-9-16(23)10-8-15/h7-12,14,19H,5-6,13H2,1-4H3,(H,24,28)(H,25,29)(H,26,30). The molecule has 9 heteroatoms. The van der Waals surface area contributed by atoms with Gasteiger partial charge < -0.3 is 9.73 Å². The minimum absolute atomic E-state index is 0.0684. The lowest BCUT2D eigenvalue weighted by Gasteiger charge is -2.21. The fourth-order valence-corrected chi connectivity index (χ4v) is 2.87. The van der Waals surface area contributed by atoms with E-state index in [4.69, 9.17) is 4.42 Å². The molecule has 0 aliphatic carbocycles. The van der Waals surface area contributed by atoms with Gasteiger partial charge in [0.2, 0.25) is 0 Å². The quantitative estimate of drug-likeness (QED) is 0.528. The summed E-state index contributed by atoms with van der Waals surface area (Å²) in [6.45, 7) is 9.87. The summed E-state index contributed by atoms with van der Waals surface area (Å²) in [5.41, 5.74) is 4.84. The number of amides is 3. The topological polar surface area (TPSA) is 104 Å². The minimum atomic E-state index is -0.910. The van der Waals surface area contributed by atoms with Gasteiger partial charge in [0.05, 0.1) is 6.54 Å². The Kier molecular flexibility index (Phi) is 8.75. The van der Waals surface area contributed by atoms with Crippen LogP contribution in [0.2, 0.25) is 0 Å². The lowest BCUT2D eigenvalue weighted by molar-refractivity contribution is -0.124. The van der Waals surface area contributed by atoms with Crippen LogP contribution in [0.15, 0.2) is 40.8 Å². The number of furan rings is 1. The van der Waals surface area contributed by atoms with Crippen LogP contribution in [0.25, 0.3) is 0 Å². The highest BCUT2D eigenvalue weighted by molar-refractivity contribution is 5.98. The van der Waals surface area contributed by atoms with Crippen molar-refractivity contribution in [2.24, 2.45) is 5.92 Å². The number of benzene rings is 1. The molecule has 1 unspecified atom stereocenters. The number of hydrogen-bond donors (Lipinski definition) is 3. The third-order valence-electron chi connectivity index (χ3n) is 4.80. The van der Waals surface area contributed by atoms with E-state index in [1.54, 1.807) is 19.9 Å². The van der Waals surface area contributed by atoms with Crippen LogP contribution in [0.4, 0.5) is 4.39 Å². The summed E-state index contributed by atoms with van der Waals surface area (Å²) in [5, 5.41) is 2.60. The van der Waals surface area contributed by atoms with Crippen molar-refractivity contribution in [3.8, 4) is 0 Å². The van der Waals surface area contributed by atoms with E-state index in [1.807, 2.05) is 13.8 Å². The average molecular weight is 432 g/mol. The van der Waals surface area contributed by atoms with Crippen molar-refractivity contribution in [2.45, 2.75) is 40.3 Å². The summed E-state index contributed by atoms with van der Waals surface area (Å²) in [6, 6.07) is 7.33. The molecule has 3 N–H and O–H groups in total. The lowest BCUT2D eigenvalue weighted by Crippen LogP contribution is -2.54. The first-order chi connectivity index (χ1) is 14.7. The Balaban J connectivity index is 1.94. The fourth-order valence-electron chi connectivity index (χ4n) is 2.87. The van der Waals surface area contributed by atoms with E-state index < -0.39 is 29.6 Å². The maximum atomic E-state index is 13.0. The molecule has 0 fully saturated rings. The number of hydrogen-bond acceptors (Lipinski definition) is 5. The minimum Gasteiger partial charge on any atom is -0.454 e. The van der Waals surface area contributed by atoms with Gasteiger partial charge in [0.1, 0.15) is 17.6 Å². The zero-order valence-corrected chi connectivity index (χ0v) is 18.2. The summed E-state index contributed by atoms with van der Waals surface area (Å²) in [5.74, 6) is -1.72. The second kappa shape index (κ2) is 11.3. The number of nitrogens with zero attached hydrogens (tertiary/aromatic N) is 1. The molecule has 1 heterocycles. The normalized spacial score (nSPS) is 12.0. The van der Waals surface area contributed by atoms with Crippen LogP contribution >= 0.6 is 0 Å². The van der Waals surface area contributed by atoms with Gasteiger partial charge in [-0.3, -0.25) is 30.1 Å². The van der Waals surface area contributed by atoms with Crippen molar-refractivity contribution in [3.63, 3.8) is 0 Å². The molecule has 2 aromatic rings. The van der Waals surface area contributed by atoms with Crippen molar-refractivity contribution in [2.75, 3.05) is 13.1 Å². The Morgan fingerprint density at radius 2 is 1.61 bits per heavy atom. The summed E-state index contributed by atoms with van der Waals surface area (Å²) in [7, 11) is 0. The van der Waals surface area contributed by atoms with Crippen molar-refractivity contribution in [3.05, 3.63) is 59.3 Å². The van der Waals surface area contributed by atoms with E-state index in [2.05, 4.69) is 21.1 Å². The maximum Gasteiger partial charge on any atom is 0.305 e. The second-order valence-electron chi connectivity index (χ2n) is 7.37. The zero-order valence-electron chi connectivity index (χ0n) is 18.2. The Hall–Kier alpha value is -3.20. The monoisotopic (exact) mass is 432 g/mol. The van der Waals surface area contributed by atoms with Crippen molar-refractivity contribution >= 4 is 17.7 Å². The molecule has 0 saturated heterocycles. The molecule has 0 radical (unpaired) electrons. The predicted molar refractivity (Wildman–Crippen MR) is 113 cm³/mol. The molecule has 168 valence electrons. The van der Waals surface area contributed by atoms with E-state index in [0.29, 0.717) is 12.3 Å². The van der Waals surface area contributed by atoms with Gasteiger partial charge in [-0.05, 0) is 55.4 Å². The molecule has 2 rings (SSSR count). The Morgan fingerprint density at radius 1 is 0.968 bits per heavy atom. The number of halogens is 1. The molecule has 1 atom stereocenters. The van der Waals surface area contributed by atoms with Crippen LogP contribution in [-0.4, -0.2) is 41.8 Å². The van der Waals surface area contributed by atoms with Crippen LogP contribution in [-0.2, 0) is 11.3 Å². The van der Waals surface area contributed by atoms with Gasteiger partial charge in [0.25, 0.3) is 11.8 Å². The molecular formula is C22H29FN4O4. The molecule has 31 heavy (non-hydrogen) atoms. The van der Waals surface area contributed by atoms with Crippen LogP contribution in [0, 0.1) is 11.7 Å². The van der Waals surface area contributed by atoms with Crippen LogP contribution in [0.1, 0.15) is 54.4 Å². The van der Waals surface area contributed by atoms with E-state index in [0.717, 1.165) is 25.2 Å². The van der Waals surface area contributed by atoms with E-state index >= 15 is 0 Å². The second-order valence-corrected chi connectivity index (χ2v) is 7.37. The Bertz CT molecular complexity index is 891. The van der Waals surface area contributed by atoms with Crippen LogP contribution in [0.3, 0.4) is 0 Å². The van der Waals surface area contributed by atoms with Gasteiger partial charge in [-0.2, -0.15) is 0 Å². The summed E-state index contributed by atoms with van der Waals surface area (Å²) in [4.78, 5) is 39.3. The van der Waals surface area contributed by atoms with E-state index in [1.165, 1.54) is 18.2 Å². The lowest BCUT2D eigenvalue weighted by atomic mass is 10.0. The molecule has 0 bridgehead atoms. The van der Waals surface area contributed by atoms with Crippen LogP contribution in [0.5, 0.6) is 0 Å². The molecule has 0 aliphatic heterocycles. The molecule has 3 amide bonds. The first kappa shape index (κ1) is 24.1. The predicted octanol–water partition coefficient (Wildman–Crippen LogP) is 2.48. The summed E-state index contributed by atoms with van der Waals surface area (Å²) in [6.07, 6.45) is 0. The highest BCUT2D eigenvalue weighted by Gasteiger charge is 2.25. The molecule has 1 aromatic heterocycles. The van der Waals surface area contributed by atoms with E-state index in [-0.39, 0.29) is 17.2 Å². The first-order valence-corrected chi connectivity index (χ1v) is 10.2. The van der Waals surface area contributed by atoms with Gasteiger partial charge in [-0.1, -0.05) is 27.7 Å². The van der Waals surface area contributed by atoms with Crippen molar-refractivity contribution in [1.82, 2.24) is 21.1 Å². The number of carbonyl (C=O) groups is 3. The van der Waals surface area contributed by atoms with Crippen LogP contribution < -0.4 is 16.2 Å². The SMILES string of the molecule is CCN(CC)Cc1ccc(C(=O)NNC(=O)C(NC(=O)c2ccc(F)cc2)C(C)C)o1. The molecule has 0 aliphatic rings. The molecule has 8 nitrogen and oxygen atoms in total. The summed E-state index contributed by atoms with van der Waals surface area (Å²) >= 11 is 0. The van der Waals surface area contributed by atoms with Crippen molar-refractivity contribution in [1.29, 1.82) is 0 Å². The van der Waals surface area contributed by atoms with E-state index in [9.17, 15) is 18.8 Å². The molecule has 0 saturated carbocycles. The van der Waals surface area contributed by atoms with Gasteiger partial charge in [-0.15, -0.1) is 0 Å². The smallest absolute Gasteiger partial charge is 0.305 e. The third-order valence-corrected chi connectivity index (χ3v) is 4.80. The first-order valence-electron chi connectivity index (χ1n) is 10.2. The van der Waals surface area contributed by atoms with Gasteiger partial charge in [-0.25, -0.2) is 4.39 Å². The van der Waals surface area contributed by atoms with Gasteiger partial charge >= 0.3 is 5.91 Å². The maximum absolute atomic E-state index is 13.0. The highest BCUT2D eigenvalue weighted by Crippen LogP contribution is 2.11. The average Bonchev–Trinajstić information content (AvgIpc) is 3.22. The summed E-state index contributed by atoms with van der Waals surface area (Å²) < 4.78 is 18.6. The van der Waals surface area contributed by atoms with Gasteiger partial charge in [0, 0.05) is 5.56 Å². The highest BCUT2D eigenvalue weighted by atomic mass is 19.1. The largest absolute Gasteiger partial charge is 0.454 e. The molecule has 1 aromatic carbocycles. The number of hydrazine groups is 1. The fraction of sp³-hybridized carbons (Fsp3) is 0.409. The van der Waals surface area contributed by atoms with Crippen molar-refractivity contribution < 1.29 is 23.2 Å². The Morgan fingerprint density at radius 3 is 2.19 bits per heavy atom. The number of carbonyl (C=O) groups excluding carboxylic acids is 3. The third kappa shape index (κ3) is 6.92. The number of nitrogens with one attached hydrogen (secondary N) is 3. The number of rotatable bonds is 9. The van der Waals surface area contributed by atoms with Gasteiger partial charge in [0.15, 0.2) is 5.76 Å². The Labute approximate surface area is 181 Å². The molecule has 0 spiro atoms.